The van der Waals surface area contributed by atoms with Crippen molar-refractivity contribution in [3.8, 4) is 11.8 Å². The molecule has 0 spiro atoms. The molecule has 11 heteroatoms. The van der Waals surface area contributed by atoms with Crippen molar-refractivity contribution < 1.29 is 23.1 Å². The van der Waals surface area contributed by atoms with Crippen molar-refractivity contribution in [2.24, 2.45) is 5.92 Å². The van der Waals surface area contributed by atoms with Crippen molar-refractivity contribution in [3.63, 3.8) is 0 Å². The number of rotatable bonds is 6. The van der Waals surface area contributed by atoms with Crippen molar-refractivity contribution >= 4 is 24.0 Å². The number of hydrogen-bond acceptors (Lipinski definition) is 7. The minimum absolute atomic E-state index is 0.174. The number of likely N-dealkylation sites (tertiary alicyclic amines) is 1. The van der Waals surface area contributed by atoms with E-state index in [1.165, 1.54) is 23.2 Å². The maximum Gasteiger partial charge on any atom is 0.328 e. The highest BCUT2D eigenvalue weighted by atomic mass is 19.3. The molecule has 2 aromatic heterocycles. The van der Waals surface area contributed by atoms with Crippen LogP contribution in [0.15, 0.2) is 18.3 Å². The molecule has 0 aromatic carbocycles. The van der Waals surface area contributed by atoms with Gasteiger partial charge in [0, 0.05) is 18.2 Å². The van der Waals surface area contributed by atoms with Gasteiger partial charge in [-0.05, 0) is 63.4 Å². The molecule has 9 nitrogen and oxygen atoms in total. The van der Waals surface area contributed by atoms with Gasteiger partial charge in [0.05, 0.1) is 12.8 Å². The number of alkyl halides is 2. The molecule has 0 unspecified atom stereocenters. The number of pyridine rings is 2. The van der Waals surface area contributed by atoms with Gasteiger partial charge in [-0.25, -0.2) is 23.5 Å². The highest BCUT2D eigenvalue weighted by Gasteiger charge is 2.28. The van der Waals surface area contributed by atoms with E-state index in [0.717, 1.165) is 25.9 Å². The van der Waals surface area contributed by atoms with E-state index in [2.05, 4.69) is 33.3 Å². The predicted molar refractivity (Wildman–Crippen MR) is 124 cm³/mol. The van der Waals surface area contributed by atoms with Crippen LogP contribution in [0.25, 0.3) is 0 Å². The number of hydrogen-bond donors (Lipinski definition) is 1. The lowest BCUT2D eigenvalue weighted by atomic mass is 9.98. The fraction of sp³-hybridized carbons (Fsp3) is 0.458. The number of amides is 2. The SMILES string of the molecule is CN1CCC(COc2cc(NC(=O)N3CCCc4cc(C(F)F)c(C=O)nc43)ncc2C#N)CC1. The quantitative estimate of drug-likeness (QED) is 0.621. The van der Waals surface area contributed by atoms with E-state index in [9.17, 15) is 23.6 Å². The highest BCUT2D eigenvalue weighted by Crippen LogP contribution is 2.32. The molecule has 2 aliphatic rings. The van der Waals surface area contributed by atoms with Gasteiger partial charge in [0.15, 0.2) is 6.29 Å². The topological polar surface area (TPSA) is 111 Å². The van der Waals surface area contributed by atoms with Crippen LogP contribution in [0.4, 0.5) is 25.2 Å². The van der Waals surface area contributed by atoms with Gasteiger partial charge in [0.25, 0.3) is 6.43 Å². The summed E-state index contributed by atoms with van der Waals surface area (Å²) in [4.78, 5) is 36.1. The zero-order valence-electron chi connectivity index (χ0n) is 19.3. The Labute approximate surface area is 201 Å². The molecular formula is C24H26F2N6O3. The van der Waals surface area contributed by atoms with Crippen LogP contribution in [0.1, 0.15) is 52.9 Å². The monoisotopic (exact) mass is 484 g/mol. The van der Waals surface area contributed by atoms with E-state index in [4.69, 9.17) is 4.74 Å². The molecule has 0 saturated carbocycles. The first-order valence-electron chi connectivity index (χ1n) is 11.5. The number of aryl methyl sites for hydroxylation is 1. The normalized spacial score (nSPS) is 16.5. The first kappa shape index (κ1) is 24.5. The Morgan fingerprint density at radius 1 is 1.34 bits per heavy atom. The van der Waals surface area contributed by atoms with Gasteiger partial charge in [0.2, 0.25) is 0 Å². The van der Waals surface area contributed by atoms with E-state index < -0.39 is 18.0 Å². The number of carbonyl (C=O) groups is 2. The van der Waals surface area contributed by atoms with Crippen LogP contribution >= 0.6 is 0 Å². The van der Waals surface area contributed by atoms with Crippen LogP contribution in [-0.4, -0.2) is 60.5 Å². The highest BCUT2D eigenvalue weighted by molar-refractivity contribution is 6.01. The summed E-state index contributed by atoms with van der Waals surface area (Å²) in [6, 6.07) is 4.22. The van der Waals surface area contributed by atoms with Gasteiger partial charge in [-0.1, -0.05) is 0 Å². The number of nitriles is 1. The summed E-state index contributed by atoms with van der Waals surface area (Å²) < 4.78 is 32.5. The average Bonchev–Trinajstić information content (AvgIpc) is 2.87. The summed E-state index contributed by atoms with van der Waals surface area (Å²) in [5, 5.41) is 12.1. The first-order chi connectivity index (χ1) is 16.9. The van der Waals surface area contributed by atoms with Crippen molar-refractivity contribution in [3.05, 3.63) is 40.7 Å². The minimum atomic E-state index is -2.84. The molecule has 2 amide bonds. The van der Waals surface area contributed by atoms with Crippen molar-refractivity contribution in [2.45, 2.75) is 32.1 Å². The molecular weight excluding hydrogens is 458 g/mol. The van der Waals surface area contributed by atoms with Crippen LogP contribution in [0.3, 0.4) is 0 Å². The standard InChI is InChI=1S/C24H26F2N6O3/c1-31-7-4-15(5-8-31)14-35-20-10-21(28-12-17(20)11-27)30-24(34)32-6-2-3-16-9-18(22(25)26)19(13-33)29-23(16)32/h9-10,12-13,15,22H,2-8,14H2,1H3,(H,28,30,34). The largest absolute Gasteiger partial charge is 0.492 e. The fourth-order valence-corrected chi connectivity index (χ4v) is 4.32. The molecule has 2 aliphatic heterocycles. The number of aromatic nitrogens is 2. The second-order valence-electron chi connectivity index (χ2n) is 8.78. The maximum absolute atomic E-state index is 13.3. The Morgan fingerprint density at radius 2 is 2.11 bits per heavy atom. The smallest absolute Gasteiger partial charge is 0.328 e. The summed E-state index contributed by atoms with van der Waals surface area (Å²) in [5.41, 5.74) is -0.0981. The molecule has 4 rings (SSSR count). The zero-order valence-corrected chi connectivity index (χ0v) is 19.3. The lowest BCUT2D eigenvalue weighted by molar-refractivity contribution is 0.110. The Bertz CT molecular complexity index is 1140. The molecule has 4 heterocycles. The van der Waals surface area contributed by atoms with E-state index >= 15 is 0 Å². The van der Waals surface area contributed by atoms with Gasteiger partial charge in [-0.15, -0.1) is 0 Å². The lowest BCUT2D eigenvalue weighted by Gasteiger charge is -2.29. The van der Waals surface area contributed by atoms with Crippen LogP contribution in [0.2, 0.25) is 0 Å². The molecule has 35 heavy (non-hydrogen) atoms. The molecule has 0 atom stereocenters. The molecule has 1 saturated heterocycles. The summed E-state index contributed by atoms with van der Waals surface area (Å²) in [6.07, 6.45) is 1.79. The number of halogens is 2. The van der Waals surface area contributed by atoms with Crippen molar-refractivity contribution in [2.75, 3.05) is 43.5 Å². The van der Waals surface area contributed by atoms with Gasteiger partial charge >= 0.3 is 6.03 Å². The molecule has 2 aromatic rings. The number of urea groups is 1. The van der Waals surface area contributed by atoms with Crippen molar-refractivity contribution in [1.29, 1.82) is 5.26 Å². The molecule has 1 N–H and O–H groups in total. The summed E-state index contributed by atoms with van der Waals surface area (Å²) in [5.74, 6) is 1.07. The third-order valence-electron chi connectivity index (χ3n) is 6.35. The van der Waals surface area contributed by atoms with E-state index in [1.54, 1.807) is 0 Å². The number of aldehydes is 1. The summed E-state index contributed by atoms with van der Waals surface area (Å²) in [7, 11) is 2.08. The number of piperidine rings is 1. The summed E-state index contributed by atoms with van der Waals surface area (Å²) >= 11 is 0. The molecule has 1 fully saturated rings. The average molecular weight is 485 g/mol. The third-order valence-corrected chi connectivity index (χ3v) is 6.35. The summed E-state index contributed by atoms with van der Waals surface area (Å²) in [6.45, 7) is 2.75. The number of anilines is 2. The Morgan fingerprint density at radius 3 is 2.80 bits per heavy atom. The number of fused-ring (bicyclic) bond motifs is 1. The van der Waals surface area contributed by atoms with E-state index in [0.29, 0.717) is 43.2 Å². The minimum Gasteiger partial charge on any atom is -0.492 e. The van der Waals surface area contributed by atoms with Crippen LogP contribution in [0.5, 0.6) is 5.75 Å². The third kappa shape index (κ3) is 5.54. The van der Waals surface area contributed by atoms with Crippen LogP contribution in [0, 0.1) is 17.2 Å². The number of ether oxygens (including phenoxy) is 1. The molecule has 184 valence electrons. The number of nitrogens with zero attached hydrogens (tertiary/aromatic N) is 5. The molecule has 0 radical (unpaired) electrons. The first-order valence-corrected chi connectivity index (χ1v) is 11.5. The second-order valence-corrected chi connectivity index (χ2v) is 8.78. The number of nitrogens with one attached hydrogen (secondary N) is 1. The lowest BCUT2D eigenvalue weighted by Crippen LogP contribution is -2.40. The Balaban J connectivity index is 1.50. The maximum atomic E-state index is 13.3. The molecule has 0 aliphatic carbocycles. The van der Waals surface area contributed by atoms with Gasteiger partial charge in [-0.2, -0.15) is 5.26 Å². The van der Waals surface area contributed by atoms with Crippen molar-refractivity contribution in [1.82, 2.24) is 14.9 Å². The zero-order chi connectivity index (χ0) is 24.9. The Kier molecular flexibility index (Phi) is 7.51. The van der Waals surface area contributed by atoms with Crippen LogP contribution < -0.4 is 15.0 Å². The molecule has 0 bridgehead atoms. The second kappa shape index (κ2) is 10.7. The van der Waals surface area contributed by atoms with E-state index in [1.807, 2.05) is 0 Å². The van der Waals surface area contributed by atoms with Gasteiger partial charge < -0.3 is 9.64 Å². The predicted octanol–water partition coefficient (Wildman–Crippen LogP) is 3.80. The van der Waals surface area contributed by atoms with E-state index in [-0.39, 0.29) is 29.2 Å². The number of carbonyl (C=O) groups excluding carboxylic acids is 2. The Hall–Kier alpha value is -3.65. The van der Waals surface area contributed by atoms with Gasteiger partial charge in [-0.3, -0.25) is 15.0 Å². The van der Waals surface area contributed by atoms with Gasteiger partial charge in [0.1, 0.15) is 34.7 Å². The fourth-order valence-electron chi connectivity index (χ4n) is 4.32. The van der Waals surface area contributed by atoms with Crippen LogP contribution in [-0.2, 0) is 6.42 Å².